The molecule has 0 saturated heterocycles. The molecule has 0 amide bonds. The van der Waals surface area contributed by atoms with Gasteiger partial charge in [-0.3, -0.25) is 0 Å². The highest BCUT2D eigenvalue weighted by atomic mass is 35.5. The highest BCUT2D eigenvalue weighted by Gasteiger charge is 2.24. The Morgan fingerprint density at radius 2 is 1.75 bits per heavy atom. The summed E-state index contributed by atoms with van der Waals surface area (Å²) in [4.78, 5) is 4.29. The molecule has 0 aliphatic rings. The van der Waals surface area contributed by atoms with Gasteiger partial charge in [0, 0.05) is 0 Å². The van der Waals surface area contributed by atoms with E-state index in [0.29, 0.717) is 20.8 Å². The normalized spacial score (nSPS) is 12.4. The van der Waals surface area contributed by atoms with Crippen molar-refractivity contribution >= 4 is 54.1 Å². The van der Waals surface area contributed by atoms with Crippen LogP contribution in [0.4, 0.5) is 0 Å². The Hall–Kier alpha value is -0.223. The summed E-state index contributed by atoms with van der Waals surface area (Å²) in [5.74, 6) is 0. The summed E-state index contributed by atoms with van der Waals surface area (Å²) in [6.45, 7) is 6.59. The Labute approximate surface area is 110 Å². The van der Waals surface area contributed by atoms with Gasteiger partial charge in [0.05, 0.1) is 15.6 Å². The zero-order valence-electron chi connectivity index (χ0n) is 9.18. The quantitative estimate of drug-likeness (QED) is 0.698. The summed E-state index contributed by atoms with van der Waals surface area (Å²) in [5, 5.41) is 1.46. The SMILES string of the molecule is C[Si](C)(C)n1c(Cl)nc2c(Cl)c(Cl)ccc21. The van der Waals surface area contributed by atoms with Crippen molar-refractivity contribution in [2.75, 3.05) is 0 Å². The van der Waals surface area contributed by atoms with Crippen molar-refractivity contribution in [1.82, 2.24) is 9.22 Å². The van der Waals surface area contributed by atoms with E-state index in [1.165, 1.54) is 0 Å². The lowest BCUT2D eigenvalue weighted by Crippen LogP contribution is -2.31. The third-order valence-electron chi connectivity index (χ3n) is 2.35. The van der Waals surface area contributed by atoms with Crippen LogP contribution in [-0.4, -0.2) is 17.5 Å². The predicted molar refractivity (Wildman–Crippen MR) is 73.5 cm³/mol. The molecule has 0 atom stereocenters. The van der Waals surface area contributed by atoms with Gasteiger partial charge in [-0.05, 0) is 23.7 Å². The van der Waals surface area contributed by atoms with E-state index in [2.05, 4.69) is 28.9 Å². The van der Waals surface area contributed by atoms with Crippen molar-refractivity contribution in [1.29, 1.82) is 0 Å². The molecule has 0 bridgehead atoms. The Kier molecular flexibility index (Phi) is 2.99. The second-order valence-corrected chi connectivity index (χ2v) is 10.5. The van der Waals surface area contributed by atoms with Gasteiger partial charge >= 0.3 is 0 Å². The molecule has 0 spiro atoms. The van der Waals surface area contributed by atoms with Crippen molar-refractivity contribution in [3.8, 4) is 0 Å². The summed E-state index contributed by atoms with van der Waals surface area (Å²) < 4.78 is 2.08. The number of rotatable bonds is 1. The minimum Gasteiger partial charge on any atom is -0.343 e. The number of fused-ring (bicyclic) bond motifs is 1. The Morgan fingerprint density at radius 1 is 1.12 bits per heavy atom. The summed E-state index contributed by atoms with van der Waals surface area (Å²) in [6, 6.07) is 3.70. The molecule has 0 saturated carbocycles. The molecule has 16 heavy (non-hydrogen) atoms. The molecule has 2 aromatic rings. The second-order valence-electron chi connectivity index (χ2n) is 4.62. The van der Waals surface area contributed by atoms with Crippen molar-refractivity contribution in [3.63, 3.8) is 0 Å². The molecule has 0 fully saturated rings. The monoisotopic (exact) mass is 292 g/mol. The zero-order valence-corrected chi connectivity index (χ0v) is 12.5. The molecule has 0 unspecified atom stereocenters. The first-order chi connectivity index (χ1) is 7.32. The topological polar surface area (TPSA) is 17.8 Å². The van der Waals surface area contributed by atoms with Crippen LogP contribution in [-0.2, 0) is 0 Å². The number of hydrogen-bond donors (Lipinski definition) is 0. The van der Waals surface area contributed by atoms with Gasteiger partial charge in [-0.25, -0.2) is 4.98 Å². The van der Waals surface area contributed by atoms with Gasteiger partial charge in [-0.1, -0.05) is 42.8 Å². The van der Waals surface area contributed by atoms with Crippen LogP contribution in [0.1, 0.15) is 0 Å². The van der Waals surface area contributed by atoms with E-state index < -0.39 is 8.24 Å². The van der Waals surface area contributed by atoms with Crippen LogP contribution in [0.3, 0.4) is 0 Å². The molecular weight excluding hydrogens is 283 g/mol. The molecule has 0 aliphatic heterocycles. The molecule has 2 nitrogen and oxygen atoms in total. The van der Waals surface area contributed by atoms with E-state index in [0.717, 1.165) is 5.52 Å². The van der Waals surface area contributed by atoms with Crippen molar-refractivity contribution < 1.29 is 0 Å². The van der Waals surface area contributed by atoms with Crippen LogP contribution in [0, 0.1) is 0 Å². The molecule has 0 radical (unpaired) electrons. The third-order valence-corrected chi connectivity index (χ3v) is 5.33. The van der Waals surface area contributed by atoms with Crippen molar-refractivity contribution in [3.05, 3.63) is 27.5 Å². The first kappa shape index (κ1) is 12.2. The number of imidazole rings is 1. The van der Waals surface area contributed by atoms with Crippen LogP contribution < -0.4 is 0 Å². The molecule has 1 aromatic heterocycles. The summed E-state index contributed by atoms with van der Waals surface area (Å²) in [6.07, 6.45) is 0. The number of hydrogen-bond acceptors (Lipinski definition) is 1. The Bertz CT molecular complexity index is 557. The summed E-state index contributed by atoms with van der Waals surface area (Å²) in [7, 11) is -1.61. The summed E-state index contributed by atoms with van der Waals surface area (Å²) >= 11 is 18.2. The molecule has 2 rings (SSSR count). The molecule has 1 heterocycles. The smallest absolute Gasteiger partial charge is 0.195 e. The van der Waals surface area contributed by atoms with Crippen LogP contribution in [0.15, 0.2) is 12.1 Å². The molecule has 6 heteroatoms. The molecule has 0 N–H and O–H groups in total. The first-order valence-corrected chi connectivity index (χ1v) is 9.43. The highest BCUT2D eigenvalue weighted by molar-refractivity contribution is 6.76. The molecule has 1 aromatic carbocycles. The van der Waals surface area contributed by atoms with Gasteiger partial charge in [0.25, 0.3) is 0 Å². The number of benzene rings is 1. The van der Waals surface area contributed by atoms with E-state index in [1.54, 1.807) is 6.07 Å². The third kappa shape index (κ3) is 1.86. The van der Waals surface area contributed by atoms with E-state index in [9.17, 15) is 0 Å². The number of nitrogens with zero attached hydrogens (tertiary/aromatic N) is 2. The van der Waals surface area contributed by atoms with Crippen molar-refractivity contribution in [2.24, 2.45) is 0 Å². The standard InChI is InChI=1S/C10H11Cl3N2Si/c1-16(2,3)15-7-5-4-6(11)8(12)9(7)14-10(15)13/h4-5H,1-3H3. The zero-order chi connectivity index (χ0) is 12.1. The van der Waals surface area contributed by atoms with E-state index in [1.807, 2.05) is 6.07 Å². The Balaban J connectivity index is 2.88. The fraction of sp³-hybridized carbons (Fsp3) is 0.300. The predicted octanol–water partition coefficient (Wildman–Crippen LogP) is 4.68. The lowest BCUT2D eigenvalue weighted by atomic mass is 10.3. The number of halogens is 3. The van der Waals surface area contributed by atoms with Gasteiger partial charge < -0.3 is 4.23 Å². The summed E-state index contributed by atoms with van der Waals surface area (Å²) in [5.41, 5.74) is 1.64. The van der Waals surface area contributed by atoms with Gasteiger partial charge in [-0.15, -0.1) is 0 Å². The second kappa shape index (κ2) is 3.91. The fourth-order valence-corrected chi connectivity index (χ4v) is 4.49. The Morgan fingerprint density at radius 3 is 2.31 bits per heavy atom. The highest BCUT2D eigenvalue weighted by Crippen LogP contribution is 2.33. The average molecular weight is 294 g/mol. The van der Waals surface area contributed by atoms with Crippen LogP contribution in [0.25, 0.3) is 11.0 Å². The minimum absolute atomic E-state index is 0.470. The van der Waals surface area contributed by atoms with Crippen LogP contribution >= 0.6 is 34.8 Å². The van der Waals surface area contributed by atoms with E-state index >= 15 is 0 Å². The maximum atomic E-state index is 6.16. The molecular formula is C10H11Cl3N2Si. The van der Waals surface area contributed by atoms with Crippen molar-refractivity contribution in [2.45, 2.75) is 19.6 Å². The molecule has 86 valence electrons. The average Bonchev–Trinajstić information content (AvgIpc) is 2.48. The van der Waals surface area contributed by atoms with Gasteiger partial charge in [0.15, 0.2) is 13.5 Å². The largest absolute Gasteiger partial charge is 0.343 e. The van der Waals surface area contributed by atoms with Crippen LogP contribution in [0.5, 0.6) is 0 Å². The van der Waals surface area contributed by atoms with Gasteiger partial charge in [0.2, 0.25) is 0 Å². The fourth-order valence-electron chi connectivity index (χ4n) is 1.70. The molecule has 0 aliphatic carbocycles. The van der Waals surface area contributed by atoms with Crippen LogP contribution in [0.2, 0.25) is 35.0 Å². The minimum atomic E-state index is -1.61. The van der Waals surface area contributed by atoms with E-state index in [-0.39, 0.29) is 0 Å². The lowest BCUT2D eigenvalue weighted by Gasteiger charge is -2.20. The number of aromatic nitrogens is 2. The first-order valence-electron chi connectivity index (χ1n) is 4.85. The van der Waals surface area contributed by atoms with Gasteiger partial charge in [0.1, 0.15) is 5.52 Å². The van der Waals surface area contributed by atoms with Gasteiger partial charge in [-0.2, -0.15) is 0 Å². The van der Waals surface area contributed by atoms with E-state index in [4.69, 9.17) is 34.8 Å². The lowest BCUT2D eigenvalue weighted by molar-refractivity contribution is 1.16. The maximum absolute atomic E-state index is 6.16. The maximum Gasteiger partial charge on any atom is 0.195 e.